The topological polar surface area (TPSA) is 90.5 Å². The number of nitrogens with zero attached hydrogens (tertiary/aromatic N) is 1. The molecule has 0 radical (unpaired) electrons. The van der Waals surface area contributed by atoms with Gasteiger partial charge in [0.2, 0.25) is 11.8 Å². The van der Waals surface area contributed by atoms with Crippen molar-refractivity contribution in [1.82, 2.24) is 10.6 Å². The number of rotatable bonds is 4. The summed E-state index contributed by atoms with van der Waals surface area (Å²) in [4.78, 5) is 38.1. The van der Waals surface area contributed by atoms with Crippen LogP contribution in [0.25, 0.3) is 0 Å². The van der Waals surface area contributed by atoms with E-state index in [1.54, 1.807) is 30.3 Å². The van der Waals surface area contributed by atoms with Gasteiger partial charge in [0, 0.05) is 18.7 Å². The Morgan fingerprint density at radius 2 is 1.93 bits per heavy atom. The van der Waals surface area contributed by atoms with Gasteiger partial charge in [-0.15, -0.1) is 0 Å². The van der Waals surface area contributed by atoms with Gasteiger partial charge in [-0.05, 0) is 49.1 Å². The number of piperidine rings is 1. The molecule has 2 fully saturated rings. The van der Waals surface area contributed by atoms with Crippen molar-refractivity contribution in [2.75, 3.05) is 16.8 Å². The van der Waals surface area contributed by atoms with E-state index in [2.05, 4.69) is 16.0 Å². The van der Waals surface area contributed by atoms with Crippen molar-refractivity contribution in [3.8, 4) is 0 Å². The normalized spacial score (nSPS) is 21.3. The Labute approximate surface area is 173 Å². The lowest BCUT2D eigenvalue weighted by molar-refractivity contribution is -0.121. The molecule has 2 aliphatic rings. The third kappa shape index (κ3) is 4.27. The zero-order valence-electron chi connectivity index (χ0n) is 16.4. The fraction of sp³-hybridized carbons (Fsp3) is 0.318. The van der Waals surface area contributed by atoms with Crippen molar-refractivity contribution in [1.29, 1.82) is 0 Å². The van der Waals surface area contributed by atoms with E-state index < -0.39 is 17.9 Å². The van der Waals surface area contributed by atoms with Gasteiger partial charge in [0.25, 0.3) is 0 Å². The highest BCUT2D eigenvalue weighted by Crippen LogP contribution is 2.26. The molecule has 30 heavy (non-hydrogen) atoms. The molecule has 2 aromatic rings. The van der Waals surface area contributed by atoms with Crippen molar-refractivity contribution in [2.24, 2.45) is 0 Å². The number of nitrogens with one attached hydrogen (secondary N) is 3. The van der Waals surface area contributed by atoms with Gasteiger partial charge in [-0.1, -0.05) is 24.3 Å². The fourth-order valence-electron chi connectivity index (χ4n) is 3.94. The minimum atomic E-state index is -0.726. The van der Waals surface area contributed by atoms with Crippen molar-refractivity contribution >= 4 is 29.2 Å². The van der Waals surface area contributed by atoms with Crippen LogP contribution in [0, 0.1) is 5.82 Å². The van der Waals surface area contributed by atoms with Crippen molar-refractivity contribution < 1.29 is 18.8 Å². The summed E-state index contributed by atoms with van der Waals surface area (Å²) < 4.78 is 14.1. The maximum atomic E-state index is 14.1. The number of anilines is 2. The first-order valence-corrected chi connectivity index (χ1v) is 10.0. The monoisotopic (exact) mass is 410 g/mol. The first-order chi connectivity index (χ1) is 14.5. The van der Waals surface area contributed by atoms with Crippen LogP contribution in [0.5, 0.6) is 0 Å². The Morgan fingerprint density at radius 1 is 1.10 bits per heavy atom. The number of para-hydroxylation sites is 1. The third-order valence-corrected chi connectivity index (χ3v) is 5.43. The smallest absolute Gasteiger partial charge is 0.319 e. The van der Waals surface area contributed by atoms with Crippen molar-refractivity contribution in [3.05, 3.63) is 59.9 Å². The predicted molar refractivity (Wildman–Crippen MR) is 110 cm³/mol. The molecule has 2 aliphatic heterocycles. The van der Waals surface area contributed by atoms with E-state index >= 15 is 0 Å². The van der Waals surface area contributed by atoms with Crippen LogP contribution >= 0.6 is 0 Å². The lowest BCUT2D eigenvalue weighted by atomic mass is 10.0. The maximum Gasteiger partial charge on any atom is 0.319 e. The van der Waals surface area contributed by atoms with Gasteiger partial charge in [0.15, 0.2) is 0 Å². The zero-order chi connectivity index (χ0) is 21.1. The molecule has 156 valence electrons. The summed E-state index contributed by atoms with van der Waals surface area (Å²) in [6.07, 6.45) is 2.36. The van der Waals surface area contributed by atoms with Crippen LogP contribution in [-0.4, -0.2) is 30.4 Å². The third-order valence-electron chi connectivity index (χ3n) is 5.43. The van der Waals surface area contributed by atoms with Crippen molar-refractivity contribution in [2.45, 2.75) is 37.8 Å². The van der Waals surface area contributed by atoms with E-state index in [0.29, 0.717) is 31.5 Å². The average Bonchev–Trinajstić information content (AvgIpc) is 3.17. The number of hydrogen-bond acceptors (Lipinski definition) is 3. The SMILES string of the molecule is O=C1CCC(c2cccc(NC(=O)NC3CCCN(c4ccccc4F)C3=O)c2)N1. The highest BCUT2D eigenvalue weighted by Gasteiger charge is 2.32. The van der Waals surface area contributed by atoms with Gasteiger partial charge >= 0.3 is 6.03 Å². The van der Waals surface area contributed by atoms with Crippen LogP contribution in [0.4, 0.5) is 20.6 Å². The van der Waals surface area contributed by atoms with Crippen LogP contribution in [0.1, 0.15) is 37.3 Å². The van der Waals surface area contributed by atoms with Gasteiger partial charge in [-0.2, -0.15) is 0 Å². The van der Waals surface area contributed by atoms with Gasteiger partial charge < -0.3 is 20.9 Å². The molecule has 0 aromatic heterocycles. The molecule has 0 spiro atoms. The van der Waals surface area contributed by atoms with Gasteiger partial charge in [0.05, 0.1) is 11.7 Å². The Bertz CT molecular complexity index is 980. The van der Waals surface area contributed by atoms with Gasteiger partial charge in [-0.25, -0.2) is 9.18 Å². The van der Waals surface area contributed by atoms with Crippen molar-refractivity contribution in [3.63, 3.8) is 0 Å². The van der Waals surface area contributed by atoms with E-state index in [4.69, 9.17) is 0 Å². The average molecular weight is 410 g/mol. The number of halogens is 1. The summed E-state index contributed by atoms with van der Waals surface area (Å²) in [5.41, 5.74) is 1.71. The summed E-state index contributed by atoms with van der Waals surface area (Å²) in [6.45, 7) is 0.411. The van der Waals surface area contributed by atoms with E-state index in [9.17, 15) is 18.8 Å². The van der Waals surface area contributed by atoms with Gasteiger partial charge in [-0.3, -0.25) is 9.59 Å². The molecule has 0 aliphatic carbocycles. The van der Waals surface area contributed by atoms with Crippen LogP contribution < -0.4 is 20.9 Å². The van der Waals surface area contributed by atoms with Crippen LogP contribution in [0.3, 0.4) is 0 Å². The molecule has 2 saturated heterocycles. The Kier molecular flexibility index (Phi) is 5.65. The quantitative estimate of drug-likeness (QED) is 0.724. The Morgan fingerprint density at radius 3 is 2.70 bits per heavy atom. The zero-order valence-corrected chi connectivity index (χ0v) is 16.4. The first kappa shape index (κ1) is 19.9. The molecule has 4 amide bonds. The minimum absolute atomic E-state index is 0.0197. The highest BCUT2D eigenvalue weighted by molar-refractivity contribution is 6.01. The molecule has 4 rings (SSSR count). The van der Waals surface area contributed by atoms with E-state index in [1.807, 2.05) is 12.1 Å². The van der Waals surface area contributed by atoms with E-state index in [-0.39, 0.29) is 23.5 Å². The summed E-state index contributed by atoms with van der Waals surface area (Å²) >= 11 is 0. The highest BCUT2D eigenvalue weighted by atomic mass is 19.1. The number of benzene rings is 2. The Balaban J connectivity index is 1.40. The van der Waals surface area contributed by atoms with Crippen LogP contribution in [0.15, 0.2) is 48.5 Å². The second-order valence-electron chi connectivity index (χ2n) is 7.52. The second-order valence-corrected chi connectivity index (χ2v) is 7.52. The lowest BCUT2D eigenvalue weighted by Gasteiger charge is -2.32. The number of carbonyl (C=O) groups excluding carboxylic acids is 3. The molecule has 7 nitrogen and oxygen atoms in total. The molecule has 0 bridgehead atoms. The number of hydrogen-bond donors (Lipinski definition) is 3. The van der Waals surface area contributed by atoms with E-state index in [0.717, 1.165) is 12.0 Å². The predicted octanol–water partition coefficient (Wildman–Crippen LogP) is 3.09. The molecule has 2 atom stereocenters. The summed E-state index contributed by atoms with van der Waals surface area (Å²) in [5.74, 6) is -0.776. The molecule has 2 heterocycles. The molecular formula is C22H23FN4O3. The summed E-state index contributed by atoms with van der Waals surface area (Å²) in [7, 11) is 0. The molecular weight excluding hydrogens is 387 g/mol. The van der Waals surface area contributed by atoms with Crippen LogP contribution in [-0.2, 0) is 9.59 Å². The second kappa shape index (κ2) is 8.52. The molecule has 8 heteroatoms. The first-order valence-electron chi connectivity index (χ1n) is 10.0. The largest absolute Gasteiger partial charge is 0.349 e. The maximum absolute atomic E-state index is 14.1. The molecule has 0 saturated carbocycles. The van der Waals surface area contributed by atoms with Gasteiger partial charge in [0.1, 0.15) is 11.9 Å². The number of urea groups is 1. The van der Waals surface area contributed by atoms with E-state index in [1.165, 1.54) is 11.0 Å². The number of amides is 4. The molecule has 3 N–H and O–H groups in total. The summed E-state index contributed by atoms with van der Waals surface area (Å²) in [6, 6.07) is 12.1. The molecule has 2 unspecified atom stereocenters. The standard InChI is InChI=1S/C22H23FN4O3/c23-16-7-1-2-9-19(16)27-12-4-8-18(21(27)29)26-22(30)24-15-6-3-5-14(13-15)17-10-11-20(28)25-17/h1-3,5-7,9,13,17-18H,4,8,10-12H2,(H,25,28)(H2,24,26,30). The lowest BCUT2D eigenvalue weighted by Crippen LogP contribution is -2.53. The fourth-order valence-corrected chi connectivity index (χ4v) is 3.94. The Hall–Kier alpha value is -3.42. The number of carbonyl (C=O) groups is 3. The molecule has 2 aromatic carbocycles. The minimum Gasteiger partial charge on any atom is -0.349 e. The summed E-state index contributed by atoms with van der Waals surface area (Å²) in [5, 5.41) is 8.34. The van der Waals surface area contributed by atoms with Crippen LogP contribution in [0.2, 0.25) is 0 Å².